The van der Waals surface area contributed by atoms with Crippen LogP contribution in [-0.4, -0.2) is 97.5 Å². The van der Waals surface area contributed by atoms with E-state index in [1.807, 2.05) is 27.7 Å². The minimum absolute atomic E-state index is 0.00276. The van der Waals surface area contributed by atoms with Crippen LogP contribution < -0.4 is 5.32 Å². The number of carbonyl (C=O) groups excluding carboxylic acids is 2. The quantitative estimate of drug-likeness (QED) is 0.234. The summed E-state index contributed by atoms with van der Waals surface area (Å²) in [6.45, 7) is 13.5. The van der Waals surface area contributed by atoms with Crippen LogP contribution in [0.1, 0.15) is 34.1 Å². The largest absolute Gasteiger partial charge is 0.377 e. The average molecular weight is 450 g/mol. The highest BCUT2D eigenvalue weighted by molar-refractivity contribution is 5.81. The summed E-state index contributed by atoms with van der Waals surface area (Å²) in [5, 5.41) is 2.83. The molecule has 9 heteroatoms. The van der Waals surface area contributed by atoms with Crippen molar-refractivity contribution in [1.29, 1.82) is 0 Å². The van der Waals surface area contributed by atoms with Crippen LogP contribution >= 0.6 is 0 Å². The minimum Gasteiger partial charge on any atom is -0.377 e. The molecule has 0 aromatic heterocycles. The molecule has 0 heterocycles. The fourth-order valence-electron chi connectivity index (χ4n) is 2.05. The number of Topliss-reactive ketones (excluding diaryl/α,β-unsaturated/α-hetero) is 1. The van der Waals surface area contributed by atoms with Crippen molar-refractivity contribution in [2.24, 2.45) is 11.8 Å². The molecule has 0 aromatic carbocycles. The Morgan fingerprint density at radius 3 is 1.42 bits per heavy atom. The number of ketones is 1. The molecule has 0 aromatic rings. The molecule has 0 saturated carbocycles. The van der Waals surface area contributed by atoms with Gasteiger partial charge in [0, 0.05) is 18.4 Å². The van der Waals surface area contributed by atoms with Crippen LogP contribution in [0, 0.1) is 11.8 Å². The molecular formula is C22H43NO8. The van der Waals surface area contributed by atoms with Crippen molar-refractivity contribution < 1.29 is 38.0 Å². The summed E-state index contributed by atoms with van der Waals surface area (Å²) in [4.78, 5) is 22.9. The highest BCUT2D eigenvalue weighted by Gasteiger charge is 2.08. The van der Waals surface area contributed by atoms with E-state index in [0.717, 1.165) is 6.42 Å². The zero-order valence-corrected chi connectivity index (χ0v) is 19.8. The molecule has 0 spiro atoms. The Bertz CT molecular complexity index is 434. The van der Waals surface area contributed by atoms with Gasteiger partial charge < -0.3 is 33.7 Å². The third kappa shape index (κ3) is 20.6. The van der Waals surface area contributed by atoms with E-state index in [-0.39, 0.29) is 30.1 Å². The monoisotopic (exact) mass is 449 g/mol. The van der Waals surface area contributed by atoms with Crippen molar-refractivity contribution in [2.45, 2.75) is 34.1 Å². The van der Waals surface area contributed by atoms with Gasteiger partial charge in [-0.15, -0.1) is 0 Å². The van der Waals surface area contributed by atoms with E-state index in [2.05, 4.69) is 5.32 Å². The third-order valence-corrected chi connectivity index (χ3v) is 4.35. The van der Waals surface area contributed by atoms with Crippen molar-refractivity contribution in [3.8, 4) is 0 Å². The SMILES string of the molecule is CCC(C)C(=O)NCCOCCOCCOCCOCCOCCOCC(=O)C(C)C. The predicted octanol–water partition coefficient (Wildman–Crippen LogP) is 1.47. The van der Waals surface area contributed by atoms with Crippen LogP contribution in [0.15, 0.2) is 0 Å². The molecule has 0 saturated heterocycles. The second kappa shape index (κ2) is 22.1. The number of rotatable bonds is 23. The molecule has 0 aliphatic carbocycles. The van der Waals surface area contributed by atoms with Gasteiger partial charge in [0.2, 0.25) is 5.91 Å². The van der Waals surface area contributed by atoms with E-state index < -0.39 is 0 Å². The Labute approximate surface area is 187 Å². The van der Waals surface area contributed by atoms with E-state index in [4.69, 9.17) is 28.4 Å². The van der Waals surface area contributed by atoms with E-state index >= 15 is 0 Å². The molecule has 0 fully saturated rings. The molecule has 0 radical (unpaired) electrons. The van der Waals surface area contributed by atoms with Crippen LogP contribution in [0.5, 0.6) is 0 Å². The smallest absolute Gasteiger partial charge is 0.222 e. The highest BCUT2D eigenvalue weighted by atomic mass is 16.6. The predicted molar refractivity (Wildman–Crippen MR) is 117 cm³/mol. The van der Waals surface area contributed by atoms with E-state index in [1.165, 1.54) is 0 Å². The van der Waals surface area contributed by atoms with Gasteiger partial charge in [-0.25, -0.2) is 0 Å². The number of carbonyl (C=O) groups is 2. The van der Waals surface area contributed by atoms with Gasteiger partial charge in [-0.1, -0.05) is 27.7 Å². The zero-order valence-electron chi connectivity index (χ0n) is 19.8. The fourth-order valence-corrected chi connectivity index (χ4v) is 2.05. The van der Waals surface area contributed by atoms with Crippen molar-refractivity contribution in [1.82, 2.24) is 5.32 Å². The first-order valence-corrected chi connectivity index (χ1v) is 11.3. The van der Waals surface area contributed by atoms with Crippen LogP contribution in [0.3, 0.4) is 0 Å². The summed E-state index contributed by atoms with van der Waals surface area (Å²) in [6, 6.07) is 0. The molecule has 31 heavy (non-hydrogen) atoms. The Hall–Kier alpha value is -1.10. The zero-order chi connectivity index (χ0) is 23.2. The van der Waals surface area contributed by atoms with Gasteiger partial charge >= 0.3 is 0 Å². The molecule has 0 bridgehead atoms. The van der Waals surface area contributed by atoms with Crippen LogP contribution in [0.2, 0.25) is 0 Å². The molecule has 1 atom stereocenters. The third-order valence-electron chi connectivity index (χ3n) is 4.35. The van der Waals surface area contributed by atoms with Crippen molar-refractivity contribution in [3.63, 3.8) is 0 Å². The average Bonchev–Trinajstić information content (AvgIpc) is 2.76. The van der Waals surface area contributed by atoms with Gasteiger partial charge in [-0.2, -0.15) is 0 Å². The van der Waals surface area contributed by atoms with Gasteiger partial charge in [0.1, 0.15) is 6.61 Å². The van der Waals surface area contributed by atoms with Crippen LogP contribution in [-0.2, 0) is 38.0 Å². The molecule has 1 N–H and O–H groups in total. The Morgan fingerprint density at radius 1 is 0.645 bits per heavy atom. The summed E-state index contributed by atoms with van der Waals surface area (Å²) in [7, 11) is 0. The molecule has 0 rings (SSSR count). The van der Waals surface area contributed by atoms with Crippen LogP contribution in [0.25, 0.3) is 0 Å². The van der Waals surface area contributed by atoms with E-state index in [1.54, 1.807) is 0 Å². The number of nitrogens with one attached hydrogen (secondary N) is 1. The Kier molecular flexibility index (Phi) is 21.3. The lowest BCUT2D eigenvalue weighted by Gasteiger charge is -2.10. The lowest BCUT2D eigenvalue weighted by Crippen LogP contribution is -2.31. The number of amides is 1. The van der Waals surface area contributed by atoms with E-state index in [9.17, 15) is 9.59 Å². The first-order chi connectivity index (χ1) is 15.0. The first kappa shape index (κ1) is 29.9. The molecule has 184 valence electrons. The number of hydrogen-bond donors (Lipinski definition) is 1. The molecular weight excluding hydrogens is 406 g/mol. The maximum Gasteiger partial charge on any atom is 0.222 e. The van der Waals surface area contributed by atoms with Gasteiger partial charge in [0.25, 0.3) is 0 Å². The lowest BCUT2D eigenvalue weighted by molar-refractivity contribution is -0.127. The standard InChI is InChI=1S/C22H43NO8/c1-5-20(4)22(25)23-6-7-26-8-9-27-10-11-28-12-13-29-14-15-30-16-17-31-18-21(24)19(2)3/h19-20H,5-18H2,1-4H3,(H,23,25). The summed E-state index contributed by atoms with van der Waals surface area (Å²) in [5.74, 6) is 0.210. The molecule has 0 aliphatic rings. The topological polar surface area (TPSA) is 102 Å². The lowest BCUT2D eigenvalue weighted by atomic mass is 10.1. The van der Waals surface area contributed by atoms with Gasteiger partial charge in [0.15, 0.2) is 5.78 Å². The fraction of sp³-hybridized carbons (Fsp3) is 0.909. The maximum atomic E-state index is 11.6. The highest BCUT2D eigenvalue weighted by Crippen LogP contribution is 1.98. The summed E-state index contributed by atoms with van der Waals surface area (Å²) < 4.78 is 32.2. The second-order valence-corrected chi connectivity index (χ2v) is 7.34. The molecule has 0 aliphatic heterocycles. The van der Waals surface area contributed by atoms with E-state index in [0.29, 0.717) is 79.2 Å². The number of hydrogen-bond acceptors (Lipinski definition) is 8. The maximum absolute atomic E-state index is 11.6. The summed E-state index contributed by atoms with van der Waals surface area (Å²) in [6.07, 6.45) is 0.836. The number of ether oxygens (including phenoxy) is 6. The van der Waals surface area contributed by atoms with Crippen molar-refractivity contribution >= 4 is 11.7 Å². The molecule has 1 amide bonds. The normalized spacial score (nSPS) is 12.3. The summed E-state index contributed by atoms with van der Waals surface area (Å²) in [5.41, 5.74) is 0. The minimum atomic E-state index is 0.00276. The molecule has 9 nitrogen and oxygen atoms in total. The summed E-state index contributed by atoms with van der Waals surface area (Å²) >= 11 is 0. The van der Waals surface area contributed by atoms with Crippen molar-refractivity contribution in [3.05, 3.63) is 0 Å². The first-order valence-electron chi connectivity index (χ1n) is 11.3. The van der Waals surface area contributed by atoms with Crippen LogP contribution in [0.4, 0.5) is 0 Å². The Morgan fingerprint density at radius 2 is 1.03 bits per heavy atom. The molecule has 1 unspecified atom stereocenters. The van der Waals surface area contributed by atoms with Gasteiger partial charge in [-0.3, -0.25) is 9.59 Å². The van der Waals surface area contributed by atoms with Gasteiger partial charge in [-0.05, 0) is 6.42 Å². The Balaban J connectivity index is 3.14. The second-order valence-electron chi connectivity index (χ2n) is 7.34. The van der Waals surface area contributed by atoms with Gasteiger partial charge in [0.05, 0.1) is 72.7 Å². The van der Waals surface area contributed by atoms with Crippen molar-refractivity contribution in [2.75, 3.05) is 85.8 Å².